The van der Waals surface area contributed by atoms with Crippen LogP contribution in [0.5, 0.6) is 0 Å². The molecule has 120 valence electrons. The van der Waals surface area contributed by atoms with Gasteiger partial charge in [0.05, 0.1) is 30.6 Å². The number of nitrogens with zero attached hydrogens (tertiary/aromatic N) is 3. The normalized spacial score (nSPS) is 12.8. The average Bonchev–Trinajstić information content (AvgIpc) is 2.86. The SMILES string of the molecule is COC(=O)c1cnc(C(=O)ON2C(=O)c3ccccc3C2=O)cn1. The van der Waals surface area contributed by atoms with Gasteiger partial charge in [-0.15, -0.1) is 0 Å². The minimum absolute atomic E-state index is 0.102. The van der Waals surface area contributed by atoms with Gasteiger partial charge in [0.2, 0.25) is 0 Å². The number of hydrogen-bond acceptors (Lipinski definition) is 8. The predicted octanol–water partition coefficient (Wildman–Crippen LogP) is 0.631. The second-order valence-corrected chi connectivity index (χ2v) is 4.61. The van der Waals surface area contributed by atoms with Crippen molar-refractivity contribution in [2.45, 2.75) is 0 Å². The topological polar surface area (TPSA) is 116 Å². The van der Waals surface area contributed by atoms with E-state index in [0.29, 0.717) is 5.06 Å². The number of amides is 2. The number of benzene rings is 1. The lowest BCUT2D eigenvalue weighted by Crippen LogP contribution is -2.33. The first-order chi connectivity index (χ1) is 11.5. The van der Waals surface area contributed by atoms with Crippen LogP contribution in [-0.4, -0.2) is 45.9 Å². The molecule has 0 unspecified atom stereocenters. The number of carbonyl (C=O) groups excluding carboxylic acids is 4. The molecule has 1 aliphatic heterocycles. The third-order valence-corrected chi connectivity index (χ3v) is 3.19. The smallest absolute Gasteiger partial charge is 0.383 e. The van der Waals surface area contributed by atoms with Crippen LogP contribution in [0, 0.1) is 0 Å². The van der Waals surface area contributed by atoms with Crippen molar-refractivity contribution in [3.63, 3.8) is 0 Å². The van der Waals surface area contributed by atoms with E-state index < -0.39 is 23.8 Å². The number of esters is 1. The third-order valence-electron chi connectivity index (χ3n) is 3.19. The Kier molecular flexibility index (Phi) is 3.74. The highest BCUT2D eigenvalue weighted by Gasteiger charge is 2.39. The summed E-state index contributed by atoms with van der Waals surface area (Å²) < 4.78 is 4.45. The van der Waals surface area contributed by atoms with E-state index in [1.165, 1.54) is 19.2 Å². The van der Waals surface area contributed by atoms with Gasteiger partial charge in [-0.3, -0.25) is 9.59 Å². The molecule has 9 nitrogen and oxygen atoms in total. The molecule has 2 amide bonds. The van der Waals surface area contributed by atoms with Gasteiger partial charge in [-0.25, -0.2) is 19.6 Å². The highest BCUT2D eigenvalue weighted by molar-refractivity contribution is 6.21. The van der Waals surface area contributed by atoms with E-state index in [2.05, 4.69) is 14.7 Å². The summed E-state index contributed by atoms with van der Waals surface area (Å²) in [7, 11) is 1.18. The summed E-state index contributed by atoms with van der Waals surface area (Å²) in [6.45, 7) is 0. The number of imide groups is 1. The minimum Gasteiger partial charge on any atom is -0.464 e. The summed E-state index contributed by atoms with van der Waals surface area (Å²) in [6.07, 6.45) is 2.00. The zero-order valence-corrected chi connectivity index (χ0v) is 12.3. The maximum absolute atomic E-state index is 12.1. The Hall–Kier alpha value is -3.62. The molecule has 3 rings (SSSR count). The van der Waals surface area contributed by atoms with Gasteiger partial charge in [0.15, 0.2) is 11.4 Å². The Bertz CT molecular complexity index is 827. The summed E-state index contributed by atoms with van der Waals surface area (Å²) in [6, 6.07) is 6.08. The lowest BCUT2D eigenvalue weighted by atomic mass is 10.1. The molecule has 0 N–H and O–H groups in total. The maximum atomic E-state index is 12.1. The van der Waals surface area contributed by atoms with E-state index in [1.54, 1.807) is 12.1 Å². The Morgan fingerprint density at radius 1 is 0.917 bits per heavy atom. The molecule has 0 saturated carbocycles. The molecule has 0 fully saturated rings. The summed E-state index contributed by atoms with van der Waals surface area (Å²) in [5.74, 6) is -3.28. The molecular formula is C15H9N3O6. The first-order valence-corrected chi connectivity index (χ1v) is 6.63. The molecule has 0 bridgehead atoms. The fourth-order valence-electron chi connectivity index (χ4n) is 2.02. The molecule has 1 aliphatic rings. The number of aromatic nitrogens is 2. The number of carbonyl (C=O) groups is 4. The summed E-state index contributed by atoms with van der Waals surface area (Å²) in [5.41, 5.74) is -0.0983. The third kappa shape index (κ3) is 2.47. The number of hydroxylamine groups is 2. The molecule has 2 heterocycles. The van der Waals surface area contributed by atoms with E-state index in [0.717, 1.165) is 12.4 Å². The van der Waals surface area contributed by atoms with Gasteiger partial charge in [0.1, 0.15) is 0 Å². The lowest BCUT2D eigenvalue weighted by Gasteiger charge is -2.12. The minimum atomic E-state index is -1.06. The van der Waals surface area contributed by atoms with Gasteiger partial charge in [0, 0.05) is 0 Å². The monoisotopic (exact) mass is 327 g/mol. The van der Waals surface area contributed by atoms with E-state index in [-0.39, 0.29) is 22.5 Å². The van der Waals surface area contributed by atoms with Gasteiger partial charge < -0.3 is 9.57 Å². The van der Waals surface area contributed by atoms with Crippen LogP contribution in [0.2, 0.25) is 0 Å². The standard InChI is InChI=1S/C15H9N3O6/c1-23-14(21)10-6-17-11(7-16-10)15(22)24-18-12(19)8-4-2-3-5-9(8)13(18)20/h2-7H,1H3. The van der Waals surface area contributed by atoms with Crippen molar-refractivity contribution in [3.8, 4) is 0 Å². The average molecular weight is 327 g/mol. The van der Waals surface area contributed by atoms with Crippen LogP contribution < -0.4 is 0 Å². The highest BCUT2D eigenvalue weighted by Crippen LogP contribution is 2.23. The van der Waals surface area contributed by atoms with Crippen molar-refractivity contribution in [3.05, 3.63) is 59.2 Å². The van der Waals surface area contributed by atoms with Crippen molar-refractivity contribution in [2.75, 3.05) is 7.11 Å². The van der Waals surface area contributed by atoms with Crippen LogP contribution in [0.15, 0.2) is 36.7 Å². The molecule has 1 aromatic heterocycles. The van der Waals surface area contributed by atoms with Crippen LogP contribution >= 0.6 is 0 Å². The largest absolute Gasteiger partial charge is 0.464 e. The number of hydrogen-bond donors (Lipinski definition) is 0. The van der Waals surface area contributed by atoms with Gasteiger partial charge >= 0.3 is 11.9 Å². The predicted molar refractivity (Wildman–Crippen MR) is 75.7 cm³/mol. The summed E-state index contributed by atoms with van der Waals surface area (Å²) >= 11 is 0. The fraction of sp³-hybridized carbons (Fsp3) is 0.0667. The first-order valence-electron chi connectivity index (χ1n) is 6.63. The quantitative estimate of drug-likeness (QED) is 0.595. The first kappa shape index (κ1) is 15.3. The Labute approximate surface area is 134 Å². The number of ether oxygens (including phenoxy) is 1. The van der Waals surface area contributed by atoms with Crippen molar-refractivity contribution in [2.24, 2.45) is 0 Å². The van der Waals surface area contributed by atoms with E-state index in [4.69, 9.17) is 4.84 Å². The molecule has 0 saturated heterocycles. The van der Waals surface area contributed by atoms with Crippen molar-refractivity contribution >= 4 is 23.8 Å². The van der Waals surface area contributed by atoms with Crippen LogP contribution in [0.1, 0.15) is 41.7 Å². The zero-order valence-electron chi connectivity index (χ0n) is 12.3. The molecule has 2 aromatic rings. The van der Waals surface area contributed by atoms with Crippen LogP contribution in [0.4, 0.5) is 0 Å². The van der Waals surface area contributed by atoms with Crippen molar-refractivity contribution in [1.29, 1.82) is 0 Å². The maximum Gasteiger partial charge on any atom is 0.383 e. The van der Waals surface area contributed by atoms with Gasteiger partial charge in [-0.05, 0) is 12.1 Å². The van der Waals surface area contributed by atoms with Gasteiger partial charge in [0.25, 0.3) is 11.8 Å². The van der Waals surface area contributed by atoms with Crippen LogP contribution in [-0.2, 0) is 9.57 Å². The second kappa shape index (κ2) is 5.88. The van der Waals surface area contributed by atoms with E-state index in [9.17, 15) is 19.2 Å². The Morgan fingerprint density at radius 3 is 1.88 bits per heavy atom. The van der Waals surface area contributed by atoms with Crippen molar-refractivity contribution < 1.29 is 28.8 Å². The van der Waals surface area contributed by atoms with Crippen molar-refractivity contribution in [1.82, 2.24) is 15.0 Å². The Balaban J connectivity index is 1.77. The summed E-state index contributed by atoms with van der Waals surface area (Å²) in [5, 5.41) is 0.364. The molecular weight excluding hydrogens is 318 g/mol. The summed E-state index contributed by atoms with van der Waals surface area (Å²) in [4.78, 5) is 59.6. The Morgan fingerprint density at radius 2 is 1.42 bits per heavy atom. The molecule has 1 aromatic carbocycles. The van der Waals surface area contributed by atoms with E-state index in [1.807, 2.05) is 0 Å². The highest BCUT2D eigenvalue weighted by atomic mass is 16.7. The molecule has 0 spiro atoms. The van der Waals surface area contributed by atoms with Gasteiger partial charge in [-0.1, -0.05) is 17.2 Å². The number of rotatable bonds is 3. The molecule has 0 aliphatic carbocycles. The van der Waals surface area contributed by atoms with Crippen LogP contribution in [0.25, 0.3) is 0 Å². The lowest BCUT2D eigenvalue weighted by molar-refractivity contribution is -0.0588. The van der Waals surface area contributed by atoms with Crippen LogP contribution in [0.3, 0.4) is 0 Å². The van der Waals surface area contributed by atoms with E-state index >= 15 is 0 Å². The zero-order chi connectivity index (χ0) is 17.3. The fourth-order valence-corrected chi connectivity index (χ4v) is 2.02. The number of methoxy groups -OCH3 is 1. The molecule has 0 atom stereocenters. The number of fused-ring (bicyclic) bond motifs is 1. The van der Waals surface area contributed by atoms with Gasteiger partial charge in [-0.2, -0.15) is 0 Å². The second-order valence-electron chi connectivity index (χ2n) is 4.61. The molecule has 9 heteroatoms. The molecule has 0 radical (unpaired) electrons. The molecule has 24 heavy (non-hydrogen) atoms.